The predicted octanol–water partition coefficient (Wildman–Crippen LogP) is 3.88. The number of hydrogen-bond acceptors (Lipinski definition) is 2. The van der Waals surface area contributed by atoms with Crippen molar-refractivity contribution in [3.05, 3.63) is 65.2 Å². The maximum Gasteiger partial charge on any atom is 0.315 e. The van der Waals surface area contributed by atoms with Crippen molar-refractivity contribution in [1.82, 2.24) is 10.6 Å². The van der Waals surface area contributed by atoms with Gasteiger partial charge in [0, 0.05) is 12.2 Å². The molecule has 2 aromatic carbocycles. The average Bonchev–Trinajstić information content (AvgIpc) is 2.64. The number of rotatable bonds is 7. The van der Waals surface area contributed by atoms with E-state index < -0.39 is 23.8 Å². The Bertz CT molecular complexity index is 794. The smallest absolute Gasteiger partial charge is 0.315 e. The van der Waals surface area contributed by atoms with Crippen LogP contribution in [0.15, 0.2) is 42.5 Å². The molecule has 3 amide bonds. The molecule has 1 atom stereocenters. The van der Waals surface area contributed by atoms with Crippen molar-refractivity contribution in [3.8, 4) is 0 Å². The lowest BCUT2D eigenvalue weighted by Crippen LogP contribution is -2.47. The lowest BCUT2D eigenvalue weighted by atomic mass is 10.1. The standard InChI is InChI=1S/C20H23F2N3O2/c1-3-4-17(19(26)24-18-11-16(22)8-5-13(18)2)25-20(27)23-12-14-6-9-15(21)10-7-14/h5-11,17H,3-4,12H2,1-2H3,(H,24,26)(H2,23,25,27). The first-order valence-electron chi connectivity index (χ1n) is 8.75. The number of aryl methyl sites for hydroxylation is 1. The Labute approximate surface area is 157 Å². The second-order valence-electron chi connectivity index (χ2n) is 6.24. The molecule has 0 aliphatic carbocycles. The number of amides is 3. The molecular weight excluding hydrogens is 352 g/mol. The molecular formula is C20H23F2N3O2. The van der Waals surface area contributed by atoms with Crippen LogP contribution in [0.5, 0.6) is 0 Å². The third kappa shape index (κ3) is 6.36. The van der Waals surface area contributed by atoms with Crippen LogP contribution in [0, 0.1) is 18.6 Å². The number of carbonyl (C=O) groups excluding carboxylic acids is 2. The summed E-state index contributed by atoms with van der Waals surface area (Å²) >= 11 is 0. The second-order valence-corrected chi connectivity index (χ2v) is 6.24. The van der Waals surface area contributed by atoms with Gasteiger partial charge in [0.2, 0.25) is 5.91 Å². The van der Waals surface area contributed by atoms with E-state index in [1.807, 2.05) is 6.92 Å². The second kappa shape index (κ2) is 9.66. The van der Waals surface area contributed by atoms with Crippen LogP contribution >= 0.6 is 0 Å². The first-order chi connectivity index (χ1) is 12.9. The van der Waals surface area contributed by atoms with Crippen LogP contribution in [0.1, 0.15) is 30.9 Å². The van der Waals surface area contributed by atoms with Gasteiger partial charge in [0.15, 0.2) is 0 Å². The monoisotopic (exact) mass is 375 g/mol. The summed E-state index contributed by atoms with van der Waals surface area (Å²) < 4.78 is 26.3. The quantitative estimate of drug-likeness (QED) is 0.687. The molecule has 0 heterocycles. The fraction of sp³-hybridized carbons (Fsp3) is 0.300. The molecule has 144 valence electrons. The lowest BCUT2D eigenvalue weighted by Gasteiger charge is -2.19. The molecule has 1 unspecified atom stereocenters. The minimum Gasteiger partial charge on any atom is -0.334 e. The molecule has 0 radical (unpaired) electrons. The van der Waals surface area contributed by atoms with E-state index in [-0.39, 0.29) is 12.4 Å². The molecule has 0 bridgehead atoms. The summed E-state index contributed by atoms with van der Waals surface area (Å²) in [5.74, 6) is -1.22. The fourth-order valence-corrected chi connectivity index (χ4v) is 2.50. The number of hydrogen-bond donors (Lipinski definition) is 3. The summed E-state index contributed by atoms with van der Waals surface area (Å²) in [7, 11) is 0. The Morgan fingerprint density at radius 3 is 2.37 bits per heavy atom. The van der Waals surface area contributed by atoms with E-state index in [4.69, 9.17) is 0 Å². The number of benzene rings is 2. The van der Waals surface area contributed by atoms with Crippen LogP contribution < -0.4 is 16.0 Å². The Morgan fingerprint density at radius 2 is 1.70 bits per heavy atom. The summed E-state index contributed by atoms with van der Waals surface area (Å²) in [5.41, 5.74) is 1.83. The molecule has 7 heteroatoms. The number of urea groups is 1. The van der Waals surface area contributed by atoms with Crippen molar-refractivity contribution in [1.29, 1.82) is 0 Å². The molecule has 0 saturated heterocycles. The minimum absolute atomic E-state index is 0.204. The van der Waals surface area contributed by atoms with Crippen LogP contribution in [0.3, 0.4) is 0 Å². The van der Waals surface area contributed by atoms with Gasteiger partial charge in [-0.1, -0.05) is 31.5 Å². The largest absolute Gasteiger partial charge is 0.334 e. The summed E-state index contributed by atoms with van der Waals surface area (Å²) in [4.78, 5) is 24.6. The van der Waals surface area contributed by atoms with Gasteiger partial charge in [-0.15, -0.1) is 0 Å². The van der Waals surface area contributed by atoms with Crippen LogP contribution in [0.2, 0.25) is 0 Å². The highest BCUT2D eigenvalue weighted by Crippen LogP contribution is 2.16. The molecule has 0 saturated carbocycles. The molecule has 0 aliphatic rings. The first-order valence-corrected chi connectivity index (χ1v) is 8.75. The van der Waals surface area contributed by atoms with Gasteiger partial charge < -0.3 is 16.0 Å². The van der Waals surface area contributed by atoms with Crippen molar-refractivity contribution in [2.45, 2.75) is 39.3 Å². The minimum atomic E-state index is -0.758. The fourth-order valence-electron chi connectivity index (χ4n) is 2.50. The van der Waals surface area contributed by atoms with Crippen molar-refractivity contribution in [3.63, 3.8) is 0 Å². The predicted molar refractivity (Wildman–Crippen MR) is 100 cm³/mol. The third-order valence-corrected chi connectivity index (χ3v) is 4.02. The van der Waals surface area contributed by atoms with Crippen molar-refractivity contribution < 1.29 is 18.4 Å². The van der Waals surface area contributed by atoms with Crippen molar-refractivity contribution >= 4 is 17.6 Å². The molecule has 27 heavy (non-hydrogen) atoms. The van der Waals surface area contributed by atoms with Gasteiger partial charge in [-0.3, -0.25) is 4.79 Å². The molecule has 0 spiro atoms. The van der Waals surface area contributed by atoms with Gasteiger partial charge in [-0.25, -0.2) is 13.6 Å². The maximum absolute atomic E-state index is 13.4. The summed E-state index contributed by atoms with van der Waals surface area (Å²) in [6.45, 7) is 3.86. The van der Waals surface area contributed by atoms with Gasteiger partial charge in [0.25, 0.3) is 0 Å². The highest BCUT2D eigenvalue weighted by Gasteiger charge is 2.20. The number of nitrogens with one attached hydrogen (secondary N) is 3. The SMILES string of the molecule is CCCC(NC(=O)NCc1ccc(F)cc1)C(=O)Nc1cc(F)ccc1C. The van der Waals surface area contributed by atoms with Gasteiger partial charge in [0.1, 0.15) is 17.7 Å². The maximum atomic E-state index is 13.4. The third-order valence-electron chi connectivity index (χ3n) is 4.02. The van der Waals surface area contributed by atoms with E-state index in [2.05, 4.69) is 16.0 Å². The van der Waals surface area contributed by atoms with Crippen molar-refractivity contribution in [2.75, 3.05) is 5.32 Å². The normalized spacial score (nSPS) is 11.6. The molecule has 2 rings (SSSR count). The molecule has 0 aromatic heterocycles. The van der Waals surface area contributed by atoms with Gasteiger partial charge in [-0.05, 0) is 48.7 Å². The van der Waals surface area contributed by atoms with Crippen LogP contribution in [-0.2, 0) is 11.3 Å². The Hall–Kier alpha value is -2.96. The van der Waals surface area contributed by atoms with Gasteiger partial charge in [-0.2, -0.15) is 0 Å². The van der Waals surface area contributed by atoms with E-state index in [0.717, 1.165) is 11.1 Å². The summed E-state index contributed by atoms with van der Waals surface area (Å²) in [6, 6.07) is 8.61. The highest BCUT2D eigenvalue weighted by molar-refractivity contribution is 5.97. The van der Waals surface area contributed by atoms with E-state index in [1.165, 1.54) is 24.3 Å². The van der Waals surface area contributed by atoms with E-state index in [0.29, 0.717) is 18.5 Å². The molecule has 0 fully saturated rings. The van der Waals surface area contributed by atoms with E-state index >= 15 is 0 Å². The summed E-state index contributed by atoms with van der Waals surface area (Å²) in [5, 5.41) is 7.92. The zero-order valence-corrected chi connectivity index (χ0v) is 15.3. The van der Waals surface area contributed by atoms with E-state index in [1.54, 1.807) is 25.1 Å². The summed E-state index contributed by atoms with van der Waals surface area (Å²) in [6.07, 6.45) is 1.11. The van der Waals surface area contributed by atoms with Crippen LogP contribution in [0.4, 0.5) is 19.3 Å². The Morgan fingerprint density at radius 1 is 1.04 bits per heavy atom. The van der Waals surface area contributed by atoms with Gasteiger partial charge in [0.05, 0.1) is 0 Å². The molecule has 0 aliphatic heterocycles. The molecule has 3 N–H and O–H groups in total. The highest BCUT2D eigenvalue weighted by atomic mass is 19.1. The van der Waals surface area contributed by atoms with E-state index in [9.17, 15) is 18.4 Å². The first kappa shape index (κ1) is 20.4. The number of carbonyl (C=O) groups is 2. The van der Waals surface area contributed by atoms with Crippen LogP contribution in [-0.4, -0.2) is 18.0 Å². The number of anilines is 1. The lowest BCUT2D eigenvalue weighted by molar-refractivity contribution is -0.118. The Kier molecular flexibility index (Phi) is 7.28. The Balaban J connectivity index is 1.94. The zero-order chi connectivity index (χ0) is 19.8. The molecule has 5 nitrogen and oxygen atoms in total. The zero-order valence-electron chi connectivity index (χ0n) is 15.3. The topological polar surface area (TPSA) is 70.2 Å². The van der Waals surface area contributed by atoms with Crippen molar-refractivity contribution in [2.24, 2.45) is 0 Å². The van der Waals surface area contributed by atoms with Crippen LogP contribution in [0.25, 0.3) is 0 Å². The average molecular weight is 375 g/mol. The molecule has 2 aromatic rings. The van der Waals surface area contributed by atoms with Gasteiger partial charge >= 0.3 is 6.03 Å². The number of halogens is 2.